The zero-order valence-electron chi connectivity index (χ0n) is 17.8. The number of anilines is 1. The highest BCUT2D eigenvalue weighted by Crippen LogP contribution is 2.23. The molecule has 1 fully saturated rings. The van der Waals surface area contributed by atoms with E-state index in [1.165, 1.54) is 12.4 Å². The number of carboxylic acids is 1. The molecule has 1 saturated heterocycles. The Morgan fingerprint density at radius 3 is 2.37 bits per heavy atom. The van der Waals surface area contributed by atoms with E-state index in [0.717, 1.165) is 10.4 Å². The van der Waals surface area contributed by atoms with Gasteiger partial charge in [0.1, 0.15) is 18.2 Å². The number of likely N-dealkylation sites (tertiary alicyclic amines) is 1. The van der Waals surface area contributed by atoms with Crippen LogP contribution in [-0.4, -0.2) is 56.4 Å². The highest BCUT2D eigenvalue weighted by Gasteiger charge is 2.37. The molecule has 1 amide bonds. The summed E-state index contributed by atoms with van der Waals surface area (Å²) >= 11 is 5.75. The summed E-state index contributed by atoms with van der Waals surface area (Å²) in [5.41, 5.74) is 1.47. The maximum Gasteiger partial charge on any atom is 0.430 e. The lowest BCUT2D eigenvalue weighted by Crippen LogP contribution is -3.12. The minimum absolute atomic E-state index is 0. The van der Waals surface area contributed by atoms with Crippen molar-refractivity contribution in [2.75, 3.05) is 18.4 Å². The van der Waals surface area contributed by atoms with Gasteiger partial charge in [0.05, 0.1) is 48.9 Å². The van der Waals surface area contributed by atoms with Gasteiger partial charge in [-0.15, -0.1) is 0 Å². The lowest BCUT2D eigenvalue weighted by Gasteiger charge is -2.28. The van der Waals surface area contributed by atoms with Crippen LogP contribution in [0.1, 0.15) is 30.6 Å². The van der Waals surface area contributed by atoms with Crippen molar-refractivity contribution in [2.24, 2.45) is 0 Å². The van der Waals surface area contributed by atoms with E-state index in [9.17, 15) is 26.7 Å². The topological polar surface area (TPSA) is 117 Å². The highest BCUT2D eigenvalue weighted by atomic mass is 35.5. The van der Waals surface area contributed by atoms with E-state index in [-0.39, 0.29) is 26.0 Å². The Balaban J connectivity index is 0.000000503. The van der Waals surface area contributed by atoms with Crippen LogP contribution in [0.2, 0.25) is 5.02 Å². The van der Waals surface area contributed by atoms with E-state index in [4.69, 9.17) is 21.5 Å². The number of aliphatic carboxylic acids is 1. The van der Waals surface area contributed by atoms with Crippen LogP contribution in [0.5, 0.6) is 0 Å². The lowest BCUT2D eigenvalue weighted by atomic mass is 10.1. The van der Waals surface area contributed by atoms with Crippen molar-refractivity contribution in [1.29, 1.82) is 0 Å². The first-order chi connectivity index (χ1) is 16.4. The quantitative estimate of drug-likeness (QED) is 0.500. The normalized spacial score (nSPS) is 15.8. The van der Waals surface area contributed by atoms with Crippen LogP contribution in [0.4, 0.5) is 27.9 Å². The fourth-order valence-corrected chi connectivity index (χ4v) is 3.41. The Bertz CT molecular complexity index is 1200. The van der Waals surface area contributed by atoms with Crippen LogP contribution in [0, 0.1) is 0 Å². The molecule has 9 nitrogen and oxygen atoms in total. The van der Waals surface area contributed by atoms with Gasteiger partial charge in [0.15, 0.2) is 0 Å². The Kier molecular flexibility index (Phi) is 7.85. The number of carbonyl (C=O) groups excluding carboxylic acids is 2. The molecule has 0 spiro atoms. The average molecular weight is 523 g/mol. The molecule has 1 aliphatic rings. The number of hydrogen-bond donors (Lipinski definition) is 2. The monoisotopic (exact) mass is 522 g/mol. The van der Waals surface area contributed by atoms with Crippen LogP contribution >= 0.6 is 11.6 Å². The number of halogens is 6. The van der Waals surface area contributed by atoms with Gasteiger partial charge in [-0.2, -0.15) is 13.2 Å². The third kappa shape index (κ3) is 7.05. The van der Waals surface area contributed by atoms with Gasteiger partial charge in [0, 0.05) is 7.62 Å². The number of quaternary nitrogens is 1. The fraction of sp³-hybridized carbons (Fsp3) is 0.350. The Hall–Kier alpha value is -3.39. The minimum Gasteiger partial charge on any atom is -0.542 e. The van der Waals surface area contributed by atoms with Gasteiger partial charge in [-0.25, -0.2) is 23.7 Å². The molecule has 0 unspecified atom stereocenters. The van der Waals surface area contributed by atoms with Gasteiger partial charge in [0.2, 0.25) is 11.8 Å². The van der Waals surface area contributed by atoms with Crippen LogP contribution in [0.25, 0.3) is 5.52 Å². The third-order valence-corrected chi connectivity index (χ3v) is 5.21. The number of carboxylic acid groups (broad SMARTS) is 1. The van der Waals surface area contributed by atoms with Crippen LogP contribution in [0.3, 0.4) is 0 Å². The zero-order chi connectivity index (χ0) is 25.8. The summed E-state index contributed by atoms with van der Waals surface area (Å²) in [4.78, 5) is 34.9. The van der Waals surface area contributed by atoms with E-state index >= 15 is 0 Å². The summed E-state index contributed by atoms with van der Waals surface area (Å²) in [5.74, 6) is -5.75. The van der Waals surface area contributed by atoms with Crippen molar-refractivity contribution in [3.63, 3.8) is 0 Å². The number of piperidine rings is 1. The number of nitrogens with one attached hydrogen (secondary N) is 2. The van der Waals surface area contributed by atoms with Crippen molar-refractivity contribution in [1.82, 2.24) is 19.4 Å². The van der Waals surface area contributed by atoms with Gasteiger partial charge in [0.25, 0.3) is 11.8 Å². The molecule has 1 aliphatic heterocycles. The number of aromatic nitrogens is 4. The van der Waals surface area contributed by atoms with Crippen LogP contribution < -0.4 is 15.3 Å². The summed E-state index contributed by atoms with van der Waals surface area (Å²) in [6, 6.07) is 5.50. The largest absolute Gasteiger partial charge is 0.542 e. The number of alkyl halides is 5. The Labute approximate surface area is 201 Å². The Morgan fingerprint density at radius 2 is 1.80 bits per heavy atom. The maximum absolute atomic E-state index is 13.4. The number of amides is 1. The second-order valence-corrected chi connectivity index (χ2v) is 8.02. The van der Waals surface area contributed by atoms with Crippen molar-refractivity contribution >= 4 is 34.9 Å². The van der Waals surface area contributed by atoms with Crippen molar-refractivity contribution in [3.8, 4) is 0 Å². The second-order valence-electron chi connectivity index (χ2n) is 7.58. The summed E-state index contributed by atoms with van der Waals surface area (Å²) in [5, 5.41) is 11.7. The van der Waals surface area contributed by atoms with Gasteiger partial charge >= 0.3 is 6.18 Å². The standard InChI is InChI=1S/C18H17ClF2N6O.C2HF3O2.H2/c19-12-9-22-17(23-10-12)25-16(28)15-24-13(14-3-1-2-6-27(14)15)11-26-7-4-18(20,21)5-8-26;3-2(4,5)1(6)7;/h1-3,6,9-10H,4-5,7-8,11H2,(H,22,23,25,28);(H,6,7);1H. The van der Waals surface area contributed by atoms with Crippen molar-refractivity contribution in [2.45, 2.75) is 31.5 Å². The molecule has 3 aromatic rings. The molecule has 2 N–H and O–H groups in total. The molecule has 0 radical (unpaired) electrons. The van der Waals surface area contributed by atoms with Crippen molar-refractivity contribution < 1.29 is 43.0 Å². The molecule has 4 rings (SSSR count). The number of rotatable bonds is 4. The number of carbonyl (C=O) groups is 2. The number of imidazole rings is 1. The molecule has 4 heterocycles. The first-order valence-electron chi connectivity index (χ1n) is 10.1. The van der Waals surface area contributed by atoms with E-state index in [1.807, 2.05) is 12.1 Å². The number of fused-ring (bicyclic) bond motifs is 1. The predicted molar refractivity (Wildman–Crippen MR) is 112 cm³/mol. The smallest absolute Gasteiger partial charge is 0.430 e. The average Bonchev–Trinajstić information content (AvgIpc) is 3.15. The van der Waals surface area contributed by atoms with Gasteiger partial charge in [-0.05, 0) is 12.1 Å². The van der Waals surface area contributed by atoms with E-state index in [0.29, 0.717) is 30.4 Å². The summed E-state index contributed by atoms with van der Waals surface area (Å²) < 4.78 is 60.0. The van der Waals surface area contributed by atoms with E-state index < -0.39 is 24.0 Å². The fourth-order valence-electron chi connectivity index (χ4n) is 3.31. The first kappa shape index (κ1) is 26.2. The molecule has 0 aliphatic carbocycles. The second kappa shape index (κ2) is 10.5. The molecule has 3 aromatic heterocycles. The lowest BCUT2D eigenvalue weighted by molar-refractivity contribution is -0.921. The van der Waals surface area contributed by atoms with E-state index in [1.54, 1.807) is 16.7 Å². The van der Waals surface area contributed by atoms with E-state index in [2.05, 4.69) is 20.3 Å². The molecule has 0 atom stereocenters. The molecule has 0 saturated carbocycles. The maximum atomic E-state index is 13.4. The highest BCUT2D eigenvalue weighted by molar-refractivity contribution is 6.30. The third-order valence-electron chi connectivity index (χ3n) is 5.01. The predicted octanol–water partition coefficient (Wildman–Crippen LogP) is 1.39. The molecule has 35 heavy (non-hydrogen) atoms. The van der Waals surface area contributed by atoms with Gasteiger partial charge in [-0.3, -0.25) is 14.5 Å². The van der Waals surface area contributed by atoms with Gasteiger partial charge in [-0.1, -0.05) is 17.7 Å². The number of hydrogen-bond acceptors (Lipinski definition) is 6. The van der Waals surface area contributed by atoms with Gasteiger partial charge < -0.3 is 14.8 Å². The van der Waals surface area contributed by atoms with Crippen molar-refractivity contribution in [3.05, 3.63) is 53.3 Å². The molecule has 15 heteroatoms. The number of pyridine rings is 1. The summed E-state index contributed by atoms with van der Waals surface area (Å²) in [6.45, 7) is 1.23. The summed E-state index contributed by atoms with van der Waals surface area (Å²) in [6.07, 6.45) is -0.947. The molecular weight excluding hydrogens is 503 g/mol. The van der Waals surface area contributed by atoms with Crippen LogP contribution in [-0.2, 0) is 11.3 Å². The molecule has 0 bridgehead atoms. The molecule has 190 valence electrons. The SMILES string of the molecule is O=C(Nc1ncc(Cl)cn1)c1nc(C[NH+]2CCC(F)(F)CC2)c2ccccn12.O=C([O-])C(F)(F)F.[HH]. The molecule has 0 aromatic carbocycles. The summed E-state index contributed by atoms with van der Waals surface area (Å²) in [7, 11) is 0. The minimum atomic E-state index is -5.19. The first-order valence-corrected chi connectivity index (χ1v) is 10.5. The molecular formula is C20H20ClF5N6O3. The van der Waals surface area contributed by atoms with Crippen LogP contribution in [0.15, 0.2) is 36.8 Å². The number of nitrogens with zero attached hydrogens (tertiary/aromatic N) is 4. The Morgan fingerprint density at radius 1 is 1.20 bits per heavy atom. The zero-order valence-corrected chi connectivity index (χ0v) is 18.5.